The molecule has 0 spiro atoms. The third kappa shape index (κ3) is 4.75. The van der Waals surface area contributed by atoms with E-state index in [-0.39, 0.29) is 36.4 Å². The lowest BCUT2D eigenvalue weighted by Gasteiger charge is -2.38. The zero-order valence-electron chi connectivity index (χ0n) is 15.4. The molecule has 0 radical (unpaired) electrons. The molecule has 0 saturated carbocycles. The van der Waals surface area contributed by atoms with Gasteiger partial charge in [0.05, 0.1) is 19.1 Å². The fourth-order valence-electron chi connectivity index (χ4n) is 3.47. The quantitative estimate of drug-likeness (QED) is 0.848. The van der Waals surface area contributed by atoms with E-state index in [9.17, 15) is 9.59 Å². The SMILES string of the molecule is Cc1ccccc1CC(=O)N1CCN(C(=O)[C@H]2NCCO[C@@H]2C)CC1.Cl. The first-order chi connectivity index (χ1) is 12.1. The highest BCUT2D eigenvalue weighted by atomic mass is 35.5. The van der Waals surface area contributed by atoms with Crippen molar-refractivity contribution in [2.24, 2.45) is 0 Å². The summed E-state index contributed by atoms with van der Waals surface area (Å²) in [5, 5.41) is 3.24. The molecular formula is C19H28ClN3O3. The van der Waals surface area contributed by atoms with Crippen molar-refractivity contribution in [3.05, 3.63) is 35.4 Å². The Morgan fingerprint density at radius 3 is 2.46 bits per heavy atom. The highest BCUT2D eigenvalue weighted by molar-refractivity contribution is 5.85. The fourth-order valence-corrected chi connectivity index (χ4v) is 3.47. The number of aryl methyl sites for hydroxylation is 1. The van der Waals surface area contributed by atoms with Crippen molar-refractivity contribution in [1.82, 2.24) is 15.1 Å². The number of hydrogen-bond donors (Lipinski definition) is 1. The van der Waals surface area contributed by atoms with Gasteiger partial charge in [-0.05, 0) is 25.0 Å². The van der Waals surface area contributed by atoms with E-state index in [2.05, 4.69) is 5.32 Å². The lowest BCUT2D eigenvalue weighted by molar-refractivity contribution is -0.144. The Labute approximate surface area is 161 Å². The highest BCUT2D eigenvalue weighted by Gasteiger charge is 2.33. The number of morpholine rings is 1. The minimum atomic E-state index is -0.275. The van der Waals surface area contributed by atoms with Crippen LogP contribution in [-0.2, 0) is 20.7 Å². The number of benzene rings is 1. The maximum Gasteiger partial charge on any atom is 0.242 e. The van der Waals surface area contributed by atoms with Gasteiger partial charge in [-0.3, -0.25) is 9.59 Å². The van der Waals surface area contributed by atoms with Crippen LogP contribution in [0.1, 0.15) is 18.1 Å². The van der Waals surface area contributed by atoms with Crippen LogP contribution in [0.15, 0.2) is 24.3 Å². The summed E-state index contributed by atoms with van der Waals surface area (Å²) < 4.78 is 5.56. The summed E-state index contributed by atoms with van der Waals surface area (Å²) in [7, 11) is 0. The Morgan fingerprint density at radius 1 is 1.15 bits per heavy atom. The van der Waals surface area contributed by atoms with E-state index in [0.29, 0.717) is 45.8 Å². The molecule has 0 aromatic heterocycles. The first kappa shape index (κ1) is 20.7. The molecule has 0 bridgehead atoms. The van der Waals surface area contributed by atoms with Gasteiger partial charge in [0.25, 0.3) is 0 Å². The Balaban J connectivity index is 0.00000243. The van der Waals surface area contributed by atoms with Crippen LogP contribution in [0, 0.1) is 6.92 Å². The molecule has 3 rings (SSSR count). The summed E-state index contributed by atoms with van der Waals surface area (Å²) in [6.45, 7) is 7.67. The average molecular weight is 382 g/mol. The first-order valence-electron chi connectivity index (χ1n) is 9.02. The average Bonchev–Trinajstić information content (AvgIpc) is 2.63. The molecule has 1 aromatic rings. The second kappa shape index (κ2) is 9.35. The third-order valence-corrected chi connectivity index (χ3v) is 5.13. The van der Waals surface area contributed by atoms with Gasteiger partial charge in [-0.25, -0.2) is 0 Å². The van der Waals surface area contributed by atoms with Crippen LogP contribution in [0.25, 0.3) is 0 Å². The molecule has 0 unspecified atom stereocenters. The van der Waals surface area contributed by atoms with Crippen LogP contribution in [0.4, 0.5) is 0 Å². The molecular weight excluding hydrogens is 354 g/mol. The zero-order valence-corrected chi connectivity index (χ0v) is 16.3. The maximum absolute atomic E-state index is 12.7. The second-order valence-electron chi connectivity index (χ2n) is 6.82. The summed E-state index contributed by atoms with van der Waals surface area (Å²) in [6.07, 6.45) is 0.317. The molecule has 7 heteroatoms. The van der Waals surface area contributed by atoms with Gasteiger partial charge < -0.3 is 19.9 Å². The number of nitrogens with one attached hydrogen (secondary N) is 1. The number of carbonyl (C=O) groups excluding carboxylic acids is 2. The molecule has 0 aliphatic carbocycles. The van der Waals surface area contributed by atoms with Crippen LogP contribution in [-0.4, -0.2) is 73.1 Å². The summed E-state index contributed by atoms with van der Waals surface area (Å²) >= 11 is 0. The Hall–Kier alpha value is -1.63. The van der Waals surface area contributed by atoms with Crippen LogP contribution in [0.3, 0.4) is 0 Å². The van der Waals surface area contributed by atoms with Crippen molar-refractivity contribution in [2.75, 3.05) is 39.3 Å². The molecule has 144 valence electrons. The van der Waals surface area contributed by atoms with E-state index >= 15 is 0 Å². The fraction of sp³-hybridized carbons (Fsp3) is 0.579. The van der Waals surface area contributed by atoms with E-state index < -0.39 is 0 Å². The van der Waals surface area contributed by atoms with Crippen molar-refractivity contribution in [1.29, 1.82) is 0 Å². The van der Waals surface area contributed by atoms with Gasteiger partial charge in [-0.15, -0.1) is 12.4 Å². The molecule has 2 atom stereocenters. The van der Waals surface area contributed by atoms with Gasteiger partial charge in [-0.1, -0.05) is 24.3 Å². The summed E-state index contributed by atoms with van der Waals surface area (Å²) in [6, 6.07) is 7.70. The van der Waals surface area contributed by atoms with Crippen molar-refractivity contribution >= 4 is 24.2 Å². The number of ether oxygens (including phenoxy) is 1. The largest absolute Gasteiger partial charge is 0.375 e. The minimum Gasteiger partial charge on any atom is -0.375 e. The number of amides is 2. The topological polar surface area (TPSA) is 61.9 Å². The molecule has 2 heterocycles. The number of piperazine rings is 1. The van der Waals surface area contributed by atoms with Gasteiger partial charge >= 0.3 is 0 Å². The van der Waals surface area contributed by atoms with Gasteiger partial charge in [0.15, 0.2) is 0 Å². The second-order valence-corrected chi connectivity index (χ2v) is 6.82. The highest BCUT2D eigenvalue weighted by Crippen LogP contribution is 2.13. The molecule has 26 heavy (non-hydrogen) atoms. The van der Waals surface area contributed by atoms with Crippen LogP contribution >= 0.6 is 12.4 Å². The molecule has 2 aliphatic heterocycles. The number of hydrogen-bond acceptors (Lipinski definition) is 4. The molecule has 1 aromatic carbocycles. The monoisotopic (exact) mass is 381 g/mol. The number of nitrogens with zero attached hydrogens (tertiary/aromatic N) is 2. The summed E-state index contributed by atoms with van der Waals surface area (Å²) in [5.74, 6) is 0.215. The number of carbonyl (C=O) groups is 2. The predicted molar refractivity (Wildman–Crippen MR) is 102 cm³/mol. The van der Waals surface area contributed by atoms with Gasteiger partial charge in [0.2, 0.25) is 11.8 Å². The number of rotatable bonds is 3. The molecule has 1 N–H and O–H groups in total. The van der Waals surface area contributed by atoms with Crippen molar-refractivity contribution in [3.63, 3.8) is 0 Å². The maximum atomic E-state index is 12.7. The standard InChI is InChI=1S/C19H27N3O3.ClH/c1-14-5-3-4-6-16(14)13-17(23)21-8-10-22(11-9-21)19(24)18-15(2)25-12-7-20-18;/h3-6,15,18,20H,7-13H2,1-2H3;1H/t15-,18+;/m1./s1. The van der Waals surface area contributed by atoms with E-state index in [1.165, 1.54) is 0 Å². The lowest BCUT2D eigenvalue weighted by atomic mass is 10.0. The van der Waals surface area contributed by atoms with Gasteiger partial charge in [0.1, 0.15) is 6.04 Å². The smallest absolute Gasteiger partial charge is 0.242 e. The van der Waals surface area contributed by atoms with Crippen molar-refractivity contribution in [2.45, 2.75) is 32.4 Å². The van der Waals surface area contributed by atoms with Crippen molar-refractivity contribution < 1.29 is 14.3 Å². The first-order valence-corrected chi connectivity index (χ1v) is 9.02. The van der Waals surface area contributed by atoms with E-state index in [0.717, 1.165) is 11.1 Å². The molecule has 2 fully saturated rings. The number of halogens is 1. The third-order valence-electron chi connectivity index (χ3n) is 5.13. The molecule has 2 amide bonds. The van der Waals surface area contributed by atoms with E-state index in [1.54, 1.807) is 0 Å². The van der Waals surface area contributed by atoms with E-state index in [4.69, 9.17) is 4.74 Å². The Kier molecular flexibility index (Phi) is 7.43. The van der Waals surface area contributed by atoms with Gasteiger partial charge in [-0.2, -0.15) is 0 Å². The lowest BCUT2D eigenvalue weighted by Crippen LogP contribution is -2.60. The minimum absolute atomic E-state index is 0. The zero-order chi connectivity index (χ0) is 17.8. The Morgan fingerprint density at radius 2 is 1.81 bits per heavy atom. The molecule has 2 aliphatic rings. The van der Waals surface area contributed by atoms with Crippen LogP contribution < -0.4 is 5.32 Å². The molecule has 2 saturated heterocycles. The normalized spacial score (nSPS) is 23.3. The van der Waals surface area contributed by atoms with Crippen molar-refractivity contribution in [3.8, 4) is 0 Å². The van der Waals surface area contributed by atoms with Gasteiger partial charge in [0, 0.05) is 32.7 Å². The summed E-state index contributed by atoms with van der Waals surface area (Å²) in [5.41, 5.74) is 2.21. The van der Waals surface area contributed by atoms with Crippen LogP contribution in [0.5, 0.6) is 0 Å². The van der Waals surface area contributed by atoms with E-state index in [1.807, 2.05) is 47.9 Å². The predicted octanol–water partition coefficient (Wildman–Crippen LogP) is 1.01. The molecule has 6 nitrogen and oxygen atoms in total. The van der Waals surface area contributed by atoms with Crippen LogP contribution in [0.2, 0.25) is 0 Å². The summed E-state index contributed by atoms with van der Waals surface area (Å²) in [4.78, 5) is 28.9. The Bertz CT molecular complexity index is 632.